The van der Waals surface area contributed by atoms with E-state index >= 15 is 0 Å². The molecule has 1 amide bonds. The third-order valence-electron chi connectivity index (χ3n) is 4.13. The van der Waals surface area contributed by atoms with Gasteiger partial charge in [0, 0.05) is 5.39 Å². The van der Waals surface area contributed by atoms with Crippen molar-refractivity contribution in [2.45, 2.75) is 13.8 Å². The summed E-state index contributed by atoms with van der Waals surface area (Å²) in [5.41, 5.74) is 7.83. The van der Waals surface area contributed by atoms with E-state index in [1.807, 2.05) is 44.2 Å². The fourth-order valence-corrected chi connectivity index (χ4v) is 3.56. The summed E-state index contributed by atoms with van der Waals surface area (Å²) in [6.07, 6.45) is 1.58. The molecule has 0 spiro atoms. The lowest BCUT2D eigenvalue weighted by Gasteiger charge is -2.08. The van der Waals surface area contributed by atoms with Crippen molar-refractivity contribution in [3.63, 3.8) is 0 Å². The number of hydrazone groups is 1. The number of benzene rings is 1. The molecule has 6 nitrogen and oxygen atoms in total. The van der Waals surface area contributed by atoms with Crippen molar-refractivity contribution in [1.29, 1.82) is 0 Å². The highest BCUT2D eigenvalue weighted by atomic mass is 32.1. The molecule has 7 heteroatoms. The summed E-state index contributed by atoms with van der Waals surface area (Å²) in [4.78, 5) is 22.6. The zero-order valence-corrected chi connectivity index (χ0v) is 15.6. The maximum Gasteiger partial charge on any atom is 0.272 e. The molecule has 4 aromatic rings. The first kappa shape index (κ1) is 17.1. The highest BCUT2D eigenvalue weighted by Crippen LogP contribution is 2.25. The van der Waals surface area contributed by atoms with Gasteiger partial charge >= 0.3 is 0 Å². The van der Waals surface area contributed by atoms with Crippen LogP contribution in [-0.2, 0) is 0 Å². The van der Waals surface area contributed by atoms with Crippen molar-refractivity contribution in [3.05, 3.63) is 70.4 Å². The fraction of sp³-hybridized carbons (Fsp3) is 0.100. The van der Waals surface area contributed by atoms with Crippen molar-refractivity contribution in [2.24, 2.45) is 5.10 Å². The molecule has 0 atom stereocenters. The van der Waals surface area contributed by atoms with Crippen LogP contribution in [0.5, 0.6) is 0 Å². The lowest BCUT2D eigenvalue weighted by molar-refractivity contribution is 0.0956. The summed E-state index contributed by atoms with van der Waals surface area (Å²) in [5.74, 6) is 0.303. The van der Waals surface area contributed by atoms with Gasteiger partial charge in [0.05, 0.1) is 39.1 Å². The molecule has 3 aromatic heterocycles. The van der Waals surface area contributed by atoms with Crippen LogP contribution in [0.25, 0.3) is 22.4 Å². The number of para-hydroxylation sites is 1. The summed E-state index contributed by atoms with van der Waals surface area (Å²) in [5, 5.41) is 5.00. The Bertz CT molecular complexity index is 1150. The minimum atomic E-state index is -0.303. The quantitative estimate of drug-likeness (QED) is 0.422. The molecule has 0 fully saturated rings. The van der Waals surface area contributed by atoms with Gasteiger partial charge in [-0.15, -0.1) is 11.3 Å². The van der Waals surface area contributed by atoms with Gasteiger partial charge in [-0.05, 0) is 38.1 Å². The number of hydrogen-bond acceptors (Lipinski definition) is 6. The van der Waals surface area contributed by atoms with Crippen LogP contribution < -0.4 is 5.43 Å². The third-order valence-corrected chi connectivity index (χ3v) is 5.17. The number of furan rings is 1. The number of amides is 1. The number of rotatable bonds is 4. The van der Waals surface area contributed by atoms with E-state index in [4.69, 9.17) is 4.42 Å². The Morgan fingerprint density at radius 1 is 1.22 bits per heavy atom. The first-order chi connectivity index (χ1) is 13.1. The number of aryl methyl sites for hydroxylation is 1. The topological polar surface area (TPSA) is 80.4 Å². The highest BCUT2D eigenvalue weighted by Gasteiger charge is 2.15. The highest BCUT2D eigenvalue weighted by molar-refractivity contribution is 7.12. The molecule has 0 aliphatic heterocycles. The molecule has 134 valence electrons. The molecule has 1 aromatic carbocycles. The van der Waals surface area contributed by atoms with Crippen LogP contribution in [0, 0.1) is 6.92 Å². The Balaban J connectivity index is 1.72. The average Bonchev–Trinajstić information content (AvgIpc) is 3.36. The molecular weight excluding hydrogens is 360 g/mol. The second-order valence-electron chi connectivity index (χ2n) is 5.95. The van der Waals surface area contributed by atoms with Gasteiger partial charge in [-0.3, -0.25) is 4.79 Å². The van der Waals surface area contributed by atoms with E-state index in [0.29, 0.717) is 22.7 Å². The van der Waals surface area contributed by atoms with E-state index in [0.717, 1.165) is 21.5 Å². The van der Waals surface area contributed by atoms with Gasteiger partial charge in [0.15, 0.2) is 5.76 Å². The van der Waals surface area contributed by atoms with Crippen LogP contribution >= 0.6 is 11.3 Å². The molecule has 0 aliphatic carbocycles. The van der Waals surface area contributed by atoms with Crippen LogP contribution in [-0.4, -0.2) is 21.6 Å². The first-order valence-electron chi connectivity index (χ1n) is 8.32. The number of aromatic nitrogens is 2. The number of carbonyl (C=O) groups excluding carboxylic acids is 1. The molecule has 0 saturated carbocycles. The minimum absolute atomic E-state index is 0.303. The summed E-state index contributed by atoms with van der Waals surface area (Å²) in [6.45, 7) is 3.76. The lowest BCUT2D eigenvalue weighted by Crippen LogP contribution is -2.20. The summed E-state index contributed by atoms with van der Waals surface area (Å²) < 4.78 is 5.44. The monoisotopic (exact) mass is 376 g/mol. The number of carbonyl (C=O) groups is 1. The molecule has 1 N–H and O–H groups in total. The number of fused-ring (bicyclic) bond motifs is 1. The van der Waals surface area contributed by atoms with E-state index < -0.39 is 0 Å². The van der Waals surface area contributed by atoms with E-state index in [9.17, 15) is 4.79 Å². The molecule has 0 bridgehead atoms. The van der Waals surface area contributed by atoms with E-state index in [1.54, 1.807) is 23.9 Å². The van der Waals surface area contributed by atoms with E-state index in [1.165, 1.54) is 11.3 Å². The molecular formula is C20H16N4O2S. The van der Waals surface area contributed by atoms with Crippen molar-refractivity contribution < 1.29 is 9.21 Å². The molecule has 4 rings (SSSR count). The van der Waals surface area contributed by atoms with Gasteiger partial charge in [0.2, 0.25) is 0 Å². The van der Waals surface area contributed by atoms with Crippen LogP contribution in [0.2, 0.25) is 0 Å². The van der Waals surface area contributed by atoms with E-state index in [-0.39, 0.29) is 5.91 Å². The molecule has 27 heavy (non-hydrogen) atoms. The molecule has 0 aliphatic rings. The largest absolute Gasteiger partial charge is 0.463 e. The Morgan fingerprint density at radius 2 is 2.07 bits per heavy atom. The Kier molecular flexibility index (Phi) is 4.52. The van der Waals surface area contributed by atoms with Gasteiger partial charge in [0.1, 0.15) is 5.69 Å². The van der Waals surface area contributed by atoms with Crippen LogP contribution in [0.4, 0.5) is 0 Å². The standard InChI is InChI=1S/C20H16N4O2S/c1-12-19(27-11-21-12)13(2)23-24-20(25)15-10-17(18-8-5-9-26-18)22-16-7-4-3-6-14(15)16/h3-11H,1-2H3,(H,24,25)/b23-13+. The van der Waals surface area contributed by atoms with Gasteiger partial charge in [-0.25, -0.2) is 15.4 Å². The van der Waals surface area contributed by atoms with Crippen LogP contribution in [0.1, 0.15) is 27.9 Å². The zero-order chi connectivity index (χ0) is 18.8. The van der Waals surface area contributed by atoms with Gasteiger partial charge < -0.3 is 4.42 Å². The Hall–Kier alpha value is -3.32. The molecule has 0 saturated heterocycles. The number of thiazole rings is 1. The fourth-order valence-electron chi connectivity index (χ4n) is 2.81. The van der Waals surface area contributed by atoms with Crippen LogP contribution in [0.3, 0.4) is 0 Å². The number of pyridine rings is 1. The number of nitrogens with one attached hydrogen (secondary N) is 1. The predicted octanol–water partition coefficient (Wildman–Crippen LogP) is 4.41. The summed E-state index contributed by atoms with van der Waals surface area (Å²) in [7, 11) is 0. The second kappa shape index (κ2) is 7.13. The van der Waals surface area contributed by atoms with Crippen molar-refractivity contribution >= 4 is 33.9 Å². The van der Waals surface area contributed by atoms with Crippen molar-refractivity contribution in [2.75, 3.05) is 0 Å². The molecule has 3 heterocycles. The maximum atomic E-state index is 12.9. The SMILES string of the molecule is C/C(=N\NC(=O)c1cc(-c2ccco2)nc2ccccc12)c1scnc1C. The third kappa shape index (κ3) is 3.37. The van der Waals surface area contributed by atoms with Crippen LogP contribution in [0.15, 0.2) is 63.8 Å². The number of hydrogen-bond donors (Lipinski definition) is 1. The Labute approximate surface area is 159 Å². The van der Waals surface area contributed by atoms with E-state index in [2.05, 4.69) is 20.5 Å². The normalized spacial score (nSPS) is 11.7. The van der Waals surface area contributed by atoms with Gasteiger partial charge in [-0.2, -0.15) is 5.10 Å². The summed E-state index contributed by atoms with van der Waals surface area (Å²) in [6, 6.07) is 12.8. The van der Waals surface area contributed by atoms with Crippen molar-refractivity contribution in [3.8, 4) is 11.5 Å². The smallest absolute Gasteiger partial charge is 0.272 e. The second-order valence-corrected chi connectivity index (χ2v) is 6.81. The minimum Gasteiger partial charge on any atom is -0.463 e. The first-order valence-corrected chi connectivity index (χ1v) is 9.20. The Morgan fingerprint density at radius 3 is 2.81 bits per heavy atom. The molecule has 0 radical (unpaired) electrons. The van der Waals surface area contributed by atoms with Crippen molar-refractivity contribution in [1.82, 2.24) is 15.4 Å². The van der Waals surface area contributed by atoms with Gasteiger partial charge in [-0.1, -0.05) is 18.2 Å². The lowest BCUT2D eigenvalue weighted by atomic mass is 10.1. The average molecular weight is 376 g/mol. The summed E-state index contributed by atoms with van der Waals surface area (Å²) >= 11 is 1.49. The number of nitrogens with zero attached hydrogens (tertiary/aromatic N) is 3. The zero-order valence-electron chi connectivity index (χ0n) is 14.8. The maximum absolute atomic E-state index is 12.9. The molecule has 0 unspecified atom stereocenters. The predicted molar refractivity (Wildman–Crippen MR) is 106 cm³/mol. The van der Waals surface area contributed by atoms with Gasteiger partial charge in [0.25, 0.3) is 5.91 Å².